The van der Waals surface area contributed by atoms with Crippen molar-refractivity contribution in [2.45, 2.75) is 38.8 Å². The molecule has 1 saturated heterocycles. The van der Waals surface area contributed by atoms with Crippen LogP contribution in [0.1, 0.15) is 44.2 Å². The summed E-state index contributed by atoms with van der Waals surface area (Å²) in [5.74, 6) is 8.01. The van der Waals surface area contributed by atoms with Gasteiger partial charge in [0, 0.05) is 6.54 Å². The molecule has 1 aliphatic heterocycles. The number of likely N-dealkylation sites (tertiary alicyclic amines) is 1. The van der Waals surface area contributed by atoms with E-state index >= 15 is 0 Å². The molecule has 2 heterocycles. The van der Waals surface area contributed by atoms with Gasteiger partial charge in [0.1, 0.15) is 17.6 Å². The lowest BCUT2D eigenvalue weighted by atomic mass is 10.0. The first-order chi connectivity index (χ1) is 12.0. The number of amides is 2. The highest BCUT2D eigenvalue weighted by molar-refractivity contribution is 5.86. The number of imidazole rings is 1. The third-order valence-electron chi connectivity index (χ3n) is 4.11. The Hall–Kier alpha value is -2.93. The van der Waals surface area contributed by atoms with Gasteiger partial charge in [0.25, 0.3) is 0 Å². The van der Waals surface area contributed by atoms with Crippen molar-refractivity contribution in [2.24, 2.45) is 5.92 Å². The fraction of sp³-hybridized carbons (Fsp3) is 0.500. The molecule has 0 spiro atoms. The standard InChI is InChI=1S/C18H22N4O3/c1-5-6-8-13-11-19-16(20-13)14-9-7-10-22(14)17(23)15(12(2)3)21-18(24)25-4/h1,11-12,14-15H,7,9-10H2,2-4H3,(H,19,20)(H,21,24)/t14?,15-/m0/s1. The molecule has 0 bridgehead atoms. The normalized spacial score (nSPS) is 17.4. The molecule has 2 amide bonds. The number of aromatic nitrogens is 2. The first-order valence-electron chi connectivity index (χ1n) is 8.14. The number of methoxy groups -OCH3 is 1. The molecule has 0 aliphatic carbocycles. The van der Waals surface area contributed by atoms with Crippen LogP contribution in [0, 0.1) is 30.1 Å². The molecule has 2 N–H and O–H groups in total. The van der Waals surface area contributed by atoms with E-state index in [2.05, 4.69) is 37.8 Å². The van der Waals surface area contributed by atoms with Crippen molar-refractivity contribution in [3.05, 3.63) is 17.7 Å². The summed E-state index contributed by atoms with van der Waals surface area (Å²) in [6.07, 6.45) is 7.77. The maximum absolute atomic E-state index is 13.0. The first kappa shape index (κ1) is 18.4. The molecule has 1 aromatic heterocycles. The van der Waals surface area contributed by atoms with E-state index in [4.69, 9.17) is 6.42 Å². The topological polar surface area (TPSA) is 87.3 Å². The number of ether oxygens (including phenoxy) is 1. The Morgan fingerprint density at radius 3 is 2.92 bits per heavy atom. The SMILES string of the molecule is C#CC#Cc1cnc(C2CCCN2C(=O)[C@@H](NC(=O)OC)C(C)C)[nH]1. The Bertz CT molecular complexity index is 735. The van der Waals surface area contributed by atoms with Gasteiger partial charge in [-0.3, -0.25) is 4.79 Å². The van der Waals surface area contributed by atoms with Crippen LogP contribution in [0.25, 0.3) is 0 Å². The van der Waals surface area contributed by atoms with E-state index < -0.39 is 12.1 Å². The molecule has 1 aromatic rings. The van der Waals surface area contributed by atoms with Gasteiger partial charge in [-0.15, -0.1) is 6.42 Å². The Kier molecular flexibility index (Phi) is 6.08. The van der Waals surface area contributed by atoms with Crippen LogP contribution >= 0.6 is 0 Å². The summed E-state index contributed by atoms with van der Waals surface area (Å²) in [5.41, 5.74) is 0.611. The Balaban J connectivity index is 2.19. The van der Waals surface area contributed by atoms with Crippen molar-refractivity contribution in [1.82, 2.24) is 20.2 Å². The number of rotatable bonds is 4. The van der Waals surface area contributed by atoms with Crippen molar-refractivity contribution in [1.29, 1.82) is 0 Å². The number of carbonyl (C=O) groups is 2. The van der Waals surface area contributed by atoms with E-state index in [1.165, 1.54) is 7.11 Å². The molecule has 0 saturated carbocycles. The summed E-state index contributed by atoms with van der Waals surface area (Å²) in [5, 5.41) is 2.62. The number of H-pyrrole nitrogens is 1. The molecule has 1 fully saturated rings. The quantitative estimate of drug-likeness (QED) is 0.811. The number of carbonyl (C=O) groups excluding carboxylic acids is 2. The average Bonchev–Trinajstić information content (AvgIpc) is 3.25. The maximum atomic E-state index is 13.0. The molecular weight excluding hydrogens is 320 g/mol. The van der Waals surface area contributed by atoms with Gasteiger partial charge in [-0.1, -0.05) is 13.8 Å². The number of hydrogen-bond donors (Lipinski definition) is 2. The smallest absolute Gasteiger partial charge is 0.407 e. The summed E-state index contributed by atoms with van der Waals surface area (Å²) < 4.78 is 4.63. The van der Waals surface area contributed by atoms with Gasteiger partial charge in [-0.05, 0) is 36.5 Å². The number of nitrogens with one attached hydrogen (secondary N) is 2. The molecule has 2 rings (SSSR count). The average molecular weight is 342 g/mol. The van der Waals surface area contributed by atoms with Gasteiger partial charge in [0.05, 0.1) is 19.3 Å². The first-order valence-corrected chi connectivity index (χ1v) is 8.14. The van der Waals surface area contributed by atoms with E-state index in [1.54, 1.807) is 11.1 Å². The number of terminal acetylenes is 1. The van der Waals surface area contributed by atoms with Crippen LogP contribution in [-0.4, -0.2) is 46.6 Å². The number of aromatic amines is 1. The van der Waals surface area contributed by atoms with Gasteiger partial charge in [0.2, 0.25) is 5.91 Å². The predicted molar refractivity (Wildman–Crippen MR) is 92.2 cm³/mol. The molecule has 7 nitrogen and oxygen atoms in total. The van der Waals surface area contributed by atoms with Crippen molar-refractivity contribution >= 4 is 12.0 Å². The number of nitrogens with zero attached hydrogens (tertiary/aromatic N) is 2. The lowest BCUT2D eigenvalue weighted by Gasteiger charge is -2.29. The third kappa shape index (κ3) is 4.33. The predicted octanol–water partition coefficient (Wildman–Crippen LogP) is 1.44. The lowest BCUT2D eigenvalue weighted by Crippen LogP contribution is -2.51. The van der Waals surface area contributed by atoms with Crippen LogP contribution in [-0.2, 0) is 9.53 Å². The van der Waals surface area contributed by atoms with Crippen molar-refractivity contribution < 1.29 is 14.3 Å². The monoisotopic (exact) mass is 342 g/mol. The third-order valence-corrected chi connectivity index (χ3v) is 4.11. The molecule has 7 heteroatoms. The summed E-state index contributed by atoms with van der Waals surface area (Å²) in [6, 6.07) is -0.821. The summed E-state index contributed by atoms with van der Waals surface area (Å²) in [4.78, 5) is 33.7. The van der Waals surface area contributed by atoms with Crippen LogP contribution < -0.4 is 5.32 Å². The Morgan fingerprint density at radius 1 is 1.52 bits per heavy atom. The highest BCUT2D eigenvalue weighted by Crippen LogP contribution is 2.31. The molecule has 2 atom stereocenters. The lowest BCUT2D eigenvalue weighted by molar-refractivity contribution is -0.135. The maximum Gasteiger partial charge on any atom is 0.407 e. The number of alkyl carbamates (subject to hydrolysis) is 1. The number of hydrogen-bond acceptors (Lipinski definition) is 4. The zero-order valence-corrected chi connectivity index (χ0v) is 14.6. The van der Waals surface area contributed by atoms with E-state index in [0.29, 0.717) is 18.1 Å². The van der Waals surface area contributed by atoms with E-state index in [9.17, 15) is 9.59 Å². The second kappa shape index (κ2) is 8.25. The largest absolute Gasteiger partial charge is 0.453 e. The molecule has 0 radical (unpaired) electrons. The Morgan fingerprint density at radius 2 is 2.28 bits per heavy atom. The fourth-order valence-corrected chi connectivity index (χ4v) is 2.87. The minimum atomic E-state index is -0.649. The summed E-state index contributed by atoms with van der Waals surface area (Å²) >= 11 is 0. The minimum absolute atomic E-state index is 0.0680. The minimum Gasteiger partial charge on any atom is -0.453 e. The molecular formula is C18H22N4O3. The van der Waals surface area contributed by atoms with E-state index in [1.807, 2.05) is 13.8 Å². The molecule has 1 aliphatic rings. The van der Waals surface area contributed by atoms with Gasteiger partial charge in [0.15, 0.2) is 0 Å². The van der Waals surface area contributed by atoms with Crippen molar-refractivity contribution in [3.8, 4) is 24.2 Å². The molecule has 132 valence electrons. The highest BCUT2D eigenvalue weighted by Gasteiger charge is 2.37. The van der Waals surface area contributed by atoms with Gasteiger partial charge < -0.3 is 19.9 Å². The van der Waals surface area contributed by atoms with Crippen LogP contribution in [0.4, 0.5) is 4.79 Å². The molecule has 25 heavy (non-hydrogen) atoms. The molecule has 1 unspecified atom stereocenters. The molecule has 0 aromatic carbocycles. The van der Waals surface area contributed by atoms with Crippen molar-refractivity contribution in [3.63, 3.8) is 0 Å². The van der Waals surface area contributed by atoms with Gasteiger partial charge in [-0.2, -0.15) is 0 Å². The highest BCUT2D eigenvalue weighted by atomic mass is 16.5. The zero-order chi connectivity index (χ0) is 18.4. The second-order valence-corrected chi connectivity index (χ2v) is 6.12. The van der Waals surface area contributed by atoms with Crippen LogP contribution in [0.5, 0.6) is 0 Å². The van der Waals surface area contributed by atoms with E-state index in [-0.39, 0.29) is 17.9 Å². The summed E-state index contributed by atoms with van der Waals surface area (Å²) in [7, 11) is 1.28. The van der Waals surface area contributed by atoms with Crippen LogP contribution in [0.3, 0.4) is 0 Å². The van der Waals surface area contributed by atoms with Gasteiger partial charge >= 0.3 is 6.09 Å². The second-order valence-electron chi connectivity index (χ2n) is 6.12. The zero-order valence-electron chi connectivity index (χ0n) is 14.6. The van der Waals surface area contributed by atoms with Crippen molar-refractivity contribution in [2.75, 3.05) is 13.7 Å². The van der Waals surface area contributed by atoms with Crippen LogP contribution in [0.15, 0.2) is 6.20 Å². The van der Waals surface area contributed by atoms with Gasteiger partial charge in [-0.25, -0.2) is 9.78 Å². The Labute approximate surface area is 147 Å². The van der Waals surface area contributed by atoms with E-state index in [0.717, 1.165) is 12.8 Å². The fourth-order valence-electron chi connectivity index (χ4n) is 2.87. The van der Waals surface area contributed by atoms with Crippen LogP contribution in [0.2, 0.25) is 0 Å². The summed E-state index contributed by atoms with van der Waals surface area (Å²) in [6.45, 7) is 4.37.